The van der Waals surface area contributed by atoms with Gasteiger partial charge >= 0.3 is 6.09 Å². The number of hydrogen-bond acceptors (Lipinski definition) is 2. The fraction of sp³-hybridized carbons (Fsp3) is 0.286. The lowest BCUT2D eigenvalue weighted by atomic mass is 10.2. The van der Waals surface area contributed by atoms with Crippen molar-refractivity contribution in [3.63, 3.8) is 0 Å². The first kappa shape index (κ1) is 20.7. The lowest BCUT2D eigenvalue weighted by molar-refractivity contribution is -0.690. The number of carbonyl (C=O) groups excluding carboxylic acids is 1. The first-order valence-electron chi connectivity index (χ1n) is 8.95. The van der Waals surface area contributed by atoms with Crippen LogP contribution in [0.1, 0.15) is 32.2 Å². The molecule has 7 heteroatoms. The Bertz CT molecular complexity index is 900. The molecule has 0 aromatic carbocycles. The Morgan fingerprint density at radius 2 is 1.25 bits per heavy atom. The summed E-state index contributed by atoms with van der Waals surface area (Å²) < 4.78 is 13.1. The largest absolute Gasteiger partial charge is 0.443 e. The molecule has 28 heavy (non-hydrogen) atoms. The highest BCUT2D eigenvalue weighted by Crippen LogP contribution is 2.34. The van der Waals surface area contributed by atoms with Gasteiger partial charge in [-0.05, 0) is 52.6 Å². The number of carbonyl (C=O) groups is 1. The summed E-state index contributed by atoms with van der Waals surface area (Å²) in [5, 5.41) is 0. The molecule has 0 aliphatic carbocycles. The number of aromatic nitrogens is 3. The fourth-order valence-electron chi connectivity index (χ4n) is 2.85. The van der Waals surface area contributed by atoms with E-state index < -0.39 is 11.7 Å². The molecule has 3 aromatic heterocycles. The predicted molar refractivity (Wildman–Crippen MR) is 113 cm³/mol. The Hall–Kier alpha value is -1.99. The second-order valence-electron chi connectivity index (χ2n) is 7.43. The van der Waals surface area contributed by atoms with E-state index in [1.807, 2.05) is 91.1 Å². The van der Waals surface area contributed by atoms with E-state index in [1.165, 1.54) is 0 Å². The molecule has 3 rings (SSSR count). The van der Waals surface area contributed by atoms with E-state index in [0.29, 0.717) is 13.1 Å². The maximum atomic E-state index is 13.1. The van der Waals surface area contributed by atoms with Crippen LogP contribution in [0.5, 0.6) is 0 Å². The van der Waals surface area contributed by atoms with Crippen molar-refractivity contribution in [2.75, 3.05) is 0 Å². The van der Waals surface area contributed by atoms with Gasteiger partial charge in [-0.15, -0.1) is 0 Å². The van der Waals surface area contributed by atoms with E-state index in [1.54, 1.807) is 4.57 Å². The first-order chi connectivity index (χ1) is 13.3. The van der Waals surface area contributed by atoms with Crippen molar-refractivity contribution < 1.29 is 18.7 Å². The molecule has 0 saturated carbocycles. The molecule has 0 bridgehead atoms. The minimum absolute atomic E-state index is 0.392. The molecule has 0 saturated heterocycles. The van der Waals surface area contributed by atoms with E-state index >= 15 is 0 Å². The molecule has 0 atom stereocenters. The van der Waals surface area contributed by atoms with Crippen LogP contribution in [0.2, 0.25) is 0 Å². The van der Waals surface area contributed by atoms with Gasteiger partial charge in [0.2, 0.25) is 0 Å². The van der Waals surface area contributed by atoms with Crippen molar-refractivity contribution in [2.24, 2.45) is 0 Å². The third-order valence-electron chi connectivity index (χ3n) is 4.03. The highest BCUT2D eigenvalue weighted by atomic mass is 79.9. The molecule has 0 unspecified atom stereocenters. The first-order valence-corrected chi connectivity index (χ1v) is 10.5. The number of hydrogen-bond donors (Lipinski definition) is 0. The fourth-order valence-corrected chi connectivity index (χ4v) is 3.91. The SMILES string of the molecule is CC(C)(C)OC(=O)n1c(C[n+]2ccccc2)c(Br)c(Br)c1C[n+]1ccccc1. The average molecular weight is 509 g/mol. The van der Waals surface area contributed by atoms with Crippen LogP contribution in [-0.2, 0) is 17.8 Å². The van der Waals surface area contributed by atoms with E-state index in [0.717, 1.165) is 20.3 Å². The third-order valence-corrected chi connectivity index (χ3v) is 6.28. The molecule has 5 nitrogen and oxygen atoms in total. The Labute approximate surface area is 181 Å². The summed E-state index contributed by atoms with van der Waals surface area (Å²) >= 11 is 7.35. The minimum atomic E-state index is -0.589. The number of halogens is 2. The van der Waals surface area contributed by atoms with Gasteiger partial charge in [0.05, 0.1) is 8.95 Å². The second-order valence-corrected chi connectivity index (χ2v) is 9.02. The van der Waals surface area contributed by atoms with Gasteiger partial charge in [0.1, 0.15) is 17.0 Å². The smallest absolute Gasteiger partial charge is 0.419 e. The van der Waals surface area contributed by atoms with E-state index in [2.05, 4.69) is 31.9 Å². The Morgan fingerprint density at radius 3 is 1.61 bits per heavy atom. The highest BCUT2D eigenvalue weighted by molar-refractivity contribution is 9.13. The maximum Gasteiger partial charge on any atom is 0.419 e. The van der Waals surface area contributed by atoms with Crippen LogP contribution in [0.3, 0.4) is 0 Å². The molecule has 146 valence electrons. The van der Waals surface area contributed by atoms with Crippen molar-refractivity contribution in [3.05, 3.63) is 81.5 Å². The lowest BCUT2D eigenvalue weighted by Crippen LogP contribution is -2.38. The van der Waals surface area contributed by atoms with Crippen LogP contribution in [-0.4, -0.2) is 16.3 Å². The van der Waals surface area contributed by atoms with Gasteiger partial charge in [0.25, 0.3) is 0 Å². The van der Waals surface area contributed by atoms with Gasteiger partial charge in [-0.2, -0.15) is 9.13 Å². The second kappa shape index (κ2) is 8.57. The number of pyridine rings is 2. The highest BCUT2D eigenvalue weighted by Gasteiger charge is 2.30. The topological polar surface area (TPSA) is 39.0 Å². The van der Waals surface area contributed by atoms with Gasteiger partial charge in [0.15, 0.2) is 37.9 Å². The number of ether oxygens (including phenoxy) is 1. The van der Waals surface area contributed by atoms with Crippen LogP contribution in [0.25, 0.3) is 0 Å². The molecule has 0 aliphatic rings. The standard InChI is InChI=1S/C21H23Br2N3O2/c1-21(2,3)28-20(27)26-16(14-24-10-6-4-7-11-24)18(22)19(23)17(26)15-25-12-8-5-9-13-25/h4-13H,14-15H2,1-3H3/q+2. The molecule has 0 aliphatic heterocycles. The van der Waals surface area contributed by atoms with Crippen molar-refractivity contribution >= 4 is 38.0 Å². The Morgan fingerprint density at radius 1 is 0.857 bits per heavy atom. The predicted octanol–water partition coefficient (Wildman–Crippen LogP) is 4.47. The van der Waals surface area contributed by atoms with Crippen molar-refractivity contribution in [1.29, 1.82) is 0 Å². The summed E-state index contributed by atoms with van der Waals surface area (Å²) in [4.78, 5) is 13.1. The average Bonchev–Trinajstić information content (AvgIpc) is 2.87. The summed E-state index contributed by atoms with van der Waals surface area (Å²) in [6.07, 6.45) is 7.49. The normalized spacial score (nSPS) is 11.5. The van der Waals surface area contributed by atoms with Crippen LogP contribution in [0, 0.1) is 0 Å². The van der Waals surface area contributed by atoms with Gasteiger partial charge in [-0.3, -0.25) is 0 Å². The number of rotatable bonds is 4. The summed E-state index contributed by atoms with van der Waals surface area (Å²) in [7, 11) is 0. The molecule has 0 N–H and O–H groups in total. The van der Waals surface area contributed by atoms with Crippen molar-refractivity contribution in [3.8, 4) is 0 Å². The summed E-state index contributed by atoms with van der Waals surface area (Å²) in [5.41, 5.74) is 1.06. The molecule has 3 heterocycles. The quantitative estimate of drug-likeness (QED) is 0.488. The van der Waals surface area contributed by atoms with E-state index in [9.17, 15) is 4.79 Å². The molecule has 0 fully saturated rings. The molecular formula is C21H23Br2N3O2+2. The molecule has 3 aromatic rings. The van der Waals surface area contributed by atoms with Crippen molar-refractivity contribution in [2.45, 2.75) is 39.5 Å². The number of nitrogens with zero attached hydrogens (tertiary/aromatic N) is 3. The molecule has 0 spiro atoms. The van der Waals surface area contributed by atoms with E-state index in [4.69, 9.17) is 4.74 Å². The monoisotopic (exact) mass is 507 g/mol. The van der Waals surface area contributed by atoms with Crippen LogP contribution in [0.4, 0.5) is 4.79 Å². The minimum Gasteiger partial charge on any atom is -0.443 e. The lowest BCUT2D eigenvalue weighted by Gasteiger charge is -2.21. The van der Waals surface area contributed by atoms with Crippen LogP contribution in [0.15, 0.2) is 70.1 Å². The zero-order chi connectivity index (χ0) is 20.3. The Balaban J connectivity index is 2.09. The molecule has 0 amide bonds. The zero-order valence-corrected chi connectivity index (χ0v) is 19.3. The molecular weight excluding hydrogens is 486 g/mol. The van der Waals surface area contributed by atoms with Crippen LogP contribution < -0.4 is 9.13 Å². The van der Waals surface area contributed by atoms with Gasteiger partial charge in [0, 0.05) is 24.3 Å². The van der Waals surface area contributed by atoms with Gasteiger partial charge in [-0.25, -0.2) is 9.36 Å². The summed E-state index contributed by atoms with van der Waals surface area (Å²) in [5.74, 6) is 0. The zero-order valence-electron chi connectivity index (χ0n) is 16.1. The van der Waals surface area contributed by atoms with Gasteiger partial charge in [-0.1, -0.05) is 12.1 Å². The molecule has 0 radical (unpaired) electrons. The maximum absolute atomic E-state index is 13.1. The van der Waals surface area contributed by atoms with Crippen LogP contribution >= 0.6 is 31.9 Å². The summed E-state index contributed by atoms with van der Waals surface area (Å²) in [6.45, 7) is 6.67. The van der Waals surface area contributed by atoms with Gasteiger partial charge < -0.3 is 4.74 Å². The van der Waals surface area contributed by atoms with E-state index in [-0.39, 0.29) is 0 Å². The third kappa shape index (κ3) is 4.89. The van der Waals surface area contributed by atoms with Crippen molar-refractivity contribution in [1.82, 2.24) is 4.57 Å². The summed E-state index contributed by atoms with van der Waals surface area (Å²) in [6, 6.07) is 11.8. The Kier molecular flexibility index (Phi) is 6.35.